The van der Waals surface area contributed by atoms with Gasteiger partial charge in [-0.15, -0.1) is 0 Å². The smallest absolute Gasteiger partial charge is 0.418 e. The van der Waals surface area contributed by atoms with Crippen LogP contribution in [0.4, 0.5) is 18.9 Å². The summed E-state index contributed by atoms with van der Waals surface area (Å²) in [6.07, 6.45) is -3.43. The van der Waals surface area contributed by atoms with Crippen LogP contribution in [-0.4, -0.2) is 11.0 Å². The number of carbonyl (C=O) groups is 1. The first-order valence-corrected chi connectivity index (χ1v) is 7.59. The van der Waals surface area contributed by atoms with E-state index in [2.05, 4.69) is 21.2 Å². The second kappa shape index (κ2) is 7.40. The predicted octanol–water partition coefficient (Wildman–Crippen LogP) is 4.72. The van der Waals surface area contributed by atoms with Crippen LogP contribution in [0.1, 0.15) is 11.1 Å². The second-order valence-corrected chi connectivity index (χ2v) is 5.73. The van der Waals surface area contributed by atoms with Crippen molar-refractivity contribution in [1.82, 2.24) is 0 Å². The Morgan fingerprint density at radius 1 is 1.24 bits per heavy atom. The van der Waals surface area contributed by atoms with Crippen molar-refractivity contribution in [3.8, 4) is 11.8 Å². The standard InChI is InChI=1S/C17H10BrF3N2O2/c18-13-8-10(5-6-15(13)24)7-11(9-22)16(25)23-14-4-2-1-3-12(14)17(19,20)21/h1-8,24H,(H,23,25). The van der Waals surface area contributed by atoms with Crippen LogP contribution in [0.15, 0.2) is 52.5 Å². The third-order valence-electron chi connectivity index (χ3n) is 3.13. The number of phenols is 1. The quantitative estimate of drug-likeness (QED) is 0.567. The second-order valence-electron chi connectivity index (χ2n) is 4.88. The van der Waals surface area contributed by atoms with Gasteiger partial charge in [0.1, 0.15) is 17.4 Å². The number of para-hydroxylation sites is 1. The van der Waals surface area contributed by atoms with Gasteiger partial charge in [0.05, 0.1) is 15.7 Å². The molecule has 0 fully saturated rings. The number of rotatable bonds is 3. The van der Waals surface area contributed by atoms with Crippen molar-refractivity contribution >= 4 is 33.6 Å². The average molecular weight is 411 g/mol. The highest BCUT2D eigenvalue weighted by Crippen LogP contribution is 2.34. The van der Waals surface area contributed by atoms with Crippen molar-refractivity contribution in [2.75, 3.05) is 5.32 Å². The molecule has 2 N–H and O–H groups in total. The first-order chi connectivity index (χ1) is 11.7. The summed E-state index contributed by atoms with van der Waals surface area (Å²) in [6, 6.07) is 10.4. The Hall–Kier alpha value is -2.79. The van der Waals surface area contributed by atoms with E-state index in [0.29, 0.717) is 10.0 Å². The third-order valence-corrected chi connectivity index (χ3v) is 3.76. The van der Waals surface area contributed by atoms with Gasteiger partial charge in [0.15, 0.2) is 0 Å². The zero-order chi connectivity index (χ0) is 18.6. The van der Waals surface area contributed by atoms with E-state index in [1.54, 1.807) is 6.07 Å². The van der Waals surface area contributed by atoms with E-state index in [1.165, 1.54) is 36.4 Å². The Balaban J connectivity index is 2.32. The number of anilines is 1. The first-order valence-electron chi connectivity index (χ1n) is 6.80. The van der Waals surface area contributed by atoms with Crippen molar-refractivity contribution in [2.24, 2.45) is 0 Å². The number of nitriles is 1. The van der Waals surface area contributed by atoms with Crippen LogP contribution >= 0.6 is 15.9 Å². The molecule has 8 heteroatoms. The molecule has 0 aliphatic heterocycles. The molecular formula is C17H10BrF3N2O2. The summed E-state index contributed by atoms with van der Waals surface area (Å²) in [6.45, 7) is 0. The normalized spacial score (nSPS) is 11.7. The highest BCUT2D eigenvalue weighted by Gasteiger charge is 2.33. The van der Waals surface area contributed by atoms with Gasteiger partial charge < -0.3 is 10.4 Å². The molecule has 2 rings (SSSR count). The molecule has 1 amide bonds. The number of nitrogens with zero attached hydrogens (tertiary/aromatic N) is 1. The Kier molecular flexibility index (Phi) is 5.49. The molecule has 0 spiro atoms. The van der Waals surface area contributed by atoms with Gasteiger partial charge in [-0.05, 0) is 51.8 Å². The van der Waals surface area contributed by atoms with E-state index < -0.39 is 23.3 Å². The number of phenolic OH excluding ortho intramolecular Hbond substituents is 1. The molecule has 0 saturated heterocycles. The van der Waals surface area contributed by atoms with E-state index in [0.717, 1.165) is 12.1 Å². The lowest BCUT2D eigenvalue weighted by Crippen LogP contribution is -2.17. The van der Waals surface area contributed by atoms with Gasteiger partial charge in [-0.3, -0.25) is 4.79 Å². The van der Waals surface area contributed by atoms with E-state index in [4.69, 9.17) is 5.26 Å². The van der Waals surface area contributed by atoms with Crippen LogP contribution in [-0.2, 0) is 11.0 Å². The Morgan fingerprint density at radius 3 is 2.52 bits per heavy atom. The molecule has 2 aromatic rings. The molecule has 0 aliphatic carbocycles. The van der Waals surface area contributed by atoms with Crippen molar-refractivity contribution in [1.29, 1.82) is 5.26 Å². The number of hydrogen-bond acceptors (Lipinski definition) is 3. The lowest BCUT2D eigenvalue weighted by molar-refractivity contribution is -0.137. The number of carbonyl (C=O) groups excluding carboxylic acids is 1. The minimum atomic E-state index is -4.64. The number of alkyl halides is 3. The van der Waals surface area contributed by atoms with Crippen molar-refractivity contribution < 1.29 is 23.1 Å². The fourth-order valence-corrected chi connectivity index (χ4v) is 2.35. The van der Waals surface area contributed by atoms with Crippen LogP contribution in [0, 0.1) is 11.3 Å². The predicted molar refractivity (Wildman–Crippen MR) is 89.5 cm³/mol. The maximum Gasteiger partial charge on any atom is 0.418 e. The maximum atomic E-state index is 13.0. The Labute approximate surface area is 149 Å². The number of aromatic hydroxyl groups is 1. The fraction of sp³-hybridized carbons (Fsp3) is 0.0588. The lowest BCUT2D eigenvalue weighted by atomic mass is 10.1. The van der Waals surface area contributed by atoms with Crippen LogP contribution in [0.3, 0.4) is 0 Å². The molecule has 0 aromatic heterocycles. The van der Waals surface area contributed by atoms with E-state index in [9.17, 15) is 23.1 Å². The van der Waals surface area contributed by atoms with E-state index in [-0.39, 0.29) is 11.3 Å². The van der Waals surface area contributed by atoms with Crippen molar-refractivity contribution in [3.63, 3.8) is 0 Å². The lowest BCUT2D eigenvalue weighted by Gasteiger charge is -2.13. The SMILES string of the molecule is N#CC(=Cc1ccc(O)c(Br)c1)C(=O)Nc1ccccc1C(F)(F)F. The van der Waals surface area contributed by atoms with Gasteiger partial charge in [0.2, 0.25) is 0 Å². The van der Waals surface area contributed by atoms with Gasteiger partial charge in [-0.1, -0.05) is 18.2 Å². The number of amides is 1. The molecule has 0 unspecified atom stereocenters. The van der Waals surface area contributed by atoms with Crippen molar-refractivity contribution in [3.05, 3.63) is 63.6 Å². The number of benzene rings is 2. The number of nitrogens with one attached hydrogen (secondary N) is 1. The third kappa shape index (κ3) is 4.61. The topological polar surface area (TPSA) is 73.1 Å². The van der Waals surface area contributed by atoms with Crippen LogP contribution < -0.4 is 5.32 Å². The highest BCUT2D eigenvalue weighted by molar-refractivity contribution is 9.10. The monoisotopic (exact) mass is 410 g/mol. The Bertz CT molecular complexity index is 886. The number of halogens is 4. The molecule has 128 valence electrons. The summed E-state index contributed by atoms with van der Waals surface area (Å²) in [5.41, 5.74) is -1.41. The molecule has 0 heterocycles. The van der Waals surface area contributed by atoms with Crippen molar-refractivity contribution in [2.45, 2.75) is 6.18 Å². The highest BCUT2D eigenvalue weighted by atomic mass is 79.9. The maximum absolute atomic E-state index is 13.0. The summed E-state index contributed by atoms with van der Waals surface area (Å²) in [4.78, 5) is 12.1. The van der Waals surface area contributed by atoms with Crippen LogP contribution in [0.5, 0.6) is 5.75 Å². The first kappa shape index (κ1) is 18.5. The molecule has 2 aromatic carbocycles. The van der Waals surface area contributed by atoms with Gasteiger partial charge in [0.25, 0.3) is 5.91 Å². The Morgan fingerprint density at radius 2 is 1.92 bits per heavy atom. The summed E-state index contributed by atoms with van der Waals surface area (Å²) in [5.74, 6) is -0.998. The molecule has 0 aliphatic rings. The molecular weight excluding hydrogens is 401 g/mol. The van der Waals surface area contributed by atoms with Crippen LogP contribution in [0.2, 0.25) is 0 Å². The zero-order valence-corrected chi connectivity index (χ0v) is 14.0. The molecule has 0 bridgehead atoms. The van der Waals surface area contributed by atoms with E-state index in [1.807, 2.05) is 0 Å². The summed E-state index contributed by atoms with van der Waals surface area (Å²) in [5, 5.41) is 20.7. The minimum Gasteiger partial charge on any atom is -0.507 e. The van der Waals surface area contributed by atoms with Gasteiger partial charge in [-0.2, -0.15) is 18.4 Å². The summed E-state index contributed by atoms with van der Waals surface area (Å²) >= 11 is 3.09. The molecule has 0 atom stereocenters. The number of hydrogen-bond donors (Lipinski definition) is 2. The molecule has 4 nitrogen and oxygen atoms in total. The molecule has 0 radical (unpaired) electrons. The minimum absolute atomic E-state index is 0.0285. The van der Waals surface area contributed by atoms with Gasteiger partial charge in [0, 0.05) is 0 Å². The van der Waals surface area contributed by atoms with Gasteiger partial charge >= 0.3 is 6.18 Å². The van der Waals surface area contributed by atoms with Crippen LogP contribution in [0.25, 0.3) is 6.08 Å². The average Bonchev–Trinajstić information content (AvgIpc) is 2.55. The summed E-state index contributed by atoms with van der Waals surface area (Å²) < 4.78 is 39.2. The van der Waals surface area contributed by atoms with E-state index >= 15 is 0 Å². The summed E-state index contributed by atoms with van der Waals surface area (Å²) in [7, 11) is 0. The fourth-order valence-electron chi connectivity index (χ4n) is 1.96. The largest absolute Gasteiger partial charge is 0.507 e. The van der Waals surface area contributed by atoms with Gasteiger partial charge in [-0.25, -0.2) is 0 Å². The molecule has 0 saturated carbocycles. The molecule has 25 heavy (non-hydrogen) atoms. The zero-order valence-electron chi connectivity index (χ0n) is 12.4.